The van der Waals surface area contributed by atoms with Gasteiger partial charge in [0.25, 0.3) is 0 Å². The number of allylic oxidation sites excluding steroid dienone is 1. The Morgan fingerprint density at radius 2 is 1.10 bits per heavy atom. The summed E-state index contributed by atoms with van der Waals surface area (Å²) in [5, 5.41) is 9.19. The Morgan fingerprint density at radius 3 is 1.93 bits per heavy atom. The van der Waals surface area contributed by atoms with Gasteiger partial charge in [0.05, 0.1) is 28.1 Å². The van der Waals surface area contributed by atoms with Gasteiger partial charge in [0.15, 0.2) is 11.4 Å². The van der Waals surface area contributed by atoms with Crippen molar-refractivity contribution in [1.82, 2.24) is 4.57 Å². The number of nitrogens with zero attached hydrogens (tertiary/aromatic N) is 3. The van der Waals surface area contributed by atoms with E-state index in [1.165, 1.54) is 43.4 Å². The van der Waals surface area contributed by atoms with Crippen molar-refractivity contribution in [2.75, 3.05) is 0 Å². The van der Waals surface area contributed by atoms with Crippen molar-refractivity contribution in [3.8, 4) is 16.8 Å². The zero-order valence-electron chi connectivity index (χ0n) is 32.0. The van der Waals surface area contributed by atoms with Crippen LogP contribution in [0.15, 0.2) is 215 Å². The molecule has 0 N–H and O–H groups in total. The summed E-state index contributed by atoms with van der Waals surface area (Å²) in [6, 6.07) is 68.9. The Labute approximate surface area is 340 Å². The third kappa shape index (κ3) is 5.53. The van der Waals surface area contributed by atoms with Crippen LogP contribution in [0.25, 0.3) is 87.8 Å². The van der Waals surface area contributed by atoms with Crippen LogP contribution in [-0.4, -0.2) is 16.1 Å². The number of aromatic nitrogens is 1. The molecule has 0 unspecified atom stereocenters. The first-order valence-corrected chi connectivity index (χ1v) is 20.1. The van der Waals surface area contributed by atoms with Crippen molar-refractivity contribution in [2.24, 2.45) is 9.98 Å². The van der Waals surface area contributed by atoms with Gasteiger partial charge in [-0.15, -0.1) is 0 Å². The number of benzene rings is 9. The fraction of sp³-hybridized carbons (Fsp3) is 0.0182. The van der Waals surface area contributed by atoms with E-state index in [1.54, 1.807) is 0 Å². The molecule has 4 nitrogen and oxygen atoms in total. The van der Waals surface area contributed by atoms with E-state index in [2.05, 4.69) is 205 Å². The van der Waals surface area contributed by atoms with Gasteiger partial charge < -0.3 is 8.98 Å². The van der Waals surface area contributed by atoms with Crippen LogP contribution >= 0.6 is 0 Å². The van der Waals surface area contributed by atoms with Gasteiger partial charge in [-0.25, -0.2) is 9.98 Å². The van der Waals surface area contributed by atoms with Crippen molar-refractivity contribution in [2.45, 2.75) is 6.42 Å². The molecule has 59 heavy (non-hydrogen) atoms. The maximum absolute atomic E-state index is 6.96. The summed E-state index contributed by atoms with van der Waals surface area (Å²) in [4.78, 5) is 10.9. The highest BCUT2D eigenvalue weighted by Crippen LogP contribution is 2.41. The Kier molecular flexibility index (Phi) is 7.57. The second-order valence-corrected chi connectivity index (χ2v) is 15.3. The summed E-state index contributed by atoms with van der Waals surface area (Å²) in [6.45, 7) is 0. The fourth-order valence-electron chi connectivity index (χ4n) is 8.99. The molecule has 0 spiro atoms. The predicted octanol–water partition coefficient (Wildman–Crippen LogP) is 14.3. The molecule has 9 aromatic carbocycles. The van der Waals surface area contributed by atoms with Crippen molar-refractivity contribution in [3.63, 3.8) is 0 Å². The van der Waals surface area contributed by atoms with Crippen LogP contribution in [0.5, 0.6) is 0 Å². The summed E-state index contributed by atoms with van der Waals surface area (Å²) >= 11 is 0. The molecule has 2 aromatic heterocycles. The second-order valence-electron chi connectivity index (χ2n) is 15.3. The first-order chi connectivity index (χ1) is 29.2. The number of furan rings is 1. The molecule has 0 bridgehead atoms. The fourth-order valence-corrected chi connectivity index (χ4v) is 8.99. The summed E-state index contributed by atoms with van der Waals surface area (Å²) in [6.07, 6.45) is 2.86. The molecule has 0 fully saturated rings. The maximum atomic E-state index is 6.96. The topological polar surface area (TPSA) is 42.8 Å². The highest BCUT2D eigenvalue weighted by molar-refractivity contribution is 6.24. The van der Waals surface area contributed by atoms with E-state index in [-0.39, 0.29) is 0 Å². The highest BCUT2D eigenvalue weighted by Gasteiger charge is 2.22. The maximum Gasteiger partial charge on any atom is 0.160 e. The minimum absolute atomic E-state index is 0.637. The van der Waals surface area contributed by atoms with Gasteiger partial charge in [0.2, 0.25) is 0 Å². The van der Waals surface area contributed by atoms with Crippen molar-refractivity contribution < 1.29 is 4.42 Å². The SMILES string of the molecule is C1=C(c2ccc3ccccc3c2)N=C(c2cccc3oc4c(-n5c6ccccc6c6ccc(-c7ccccc7)cc65)cccc4c23)N=C(c2ccc3ccccc3c2)C1. The molecule has 0 aliphatic carbocycles. The van der Waals surface area contributed by atoms with E-state index < -0.39 is 0 Å². The van der Waals surface area contributed by atoms with E-state index in [9.17, 15) is 0 Å². The normalized spacial score (nSPS) is 13.3. The van der Waals surface area contributed by atoms with E-state index in [4.69, 9.17) is 14.4 Å². The van der Waals surface area contributed by atoms with Crippen LogP contribution in [0, 0.1) is 0 Å². The molecule has 0 radical (unpaired) electrons. The molecule has 0 atom stereocenters. The van der Waals surface area contributed by atoms with Gasteiger partial charge in [-0.3, -0.25) is 0 Å². The molecule has 0 saturated carbocycles. The minimum Gasteiger partial charge on any atom is -0.454 e. The molecular weight excluding hydrogens is 719 g/mol. The zero-order valence-corrected chi connectivity index (χ0v) is 32.0. The van der Waals surface area contributed by atoms with Crippen molar-refractivity contribution in [1.29, 1.82) is 0 Å². The van der Waals surface area contributed by atoms with Gasteiger partial charge in [-0.2, -0.15) is 0 Å². The quantitative estimate of drug-likeness (QED) is 0.173. The van der Waals surface area contributed by atoms with Gasteiger partial charge in [-0.05, 0) is 74.6 Å². The van der Waals surface area contributed by atoms with Crippen LogP contribution in [0.4, 0.5) is 0 Å². The minimum atomic E-state index is 0.637. The van der Waals surface area contributed by atoms with Crippen LogP contribution in [-0.2, 0) is 0 Å². The second kappa shape index (κ2) is 13.4. The lowest BCUT2D eigenvalue weighted by Crippen LogP contribution is -2.05. The Morgan fingerprint density at radius 1 is 0.441 bits per heavy atom. The van der Waals surface area contributed by atoms with E-state index in [0.29, 0.717) is 12.3 Å². The first kappa shape index (κ1) is 33.3. The van der Waals surface area contributed by atoms with E-state index in [0.717, 1.165) is 66.8 Å². The monoisotopic (exact) mass is 753 g/mol. The number of hydrogen-bond acceptors (Lipinski definition) is 3. The summed E-state index contributed by atoms with van der Waals surface area (Å²) in [5.74, 6) is 0.660. The lowest BCUT2D eigenvalue weighted by atomic mass is 10.0. The van der Waals surface area contributed by atoms with E-state index >= 15 is 0 Å². The van der Waals surface area contributed by atoms with Crippen LogP contribution in [0.1, 0.15) is 23.1 Å². The summed E-state index contributed by atoms with van der Waals surface area (Å²) in [7, 11) is 0. The molecule has 1 aliphatic rings. The Hall–Kier alpha value is -7.82. The molecular formula is C55H35N3O. The van der Waals surface area contributed by atoms with E-state index in [1.807, 2.05) is 0 Å². The number of para-hydroxylation sites is 2. The van der Waals surface area contributed by atoms with Crippen LogP contribution < -0.4 is 0 Å². The average Bonchev–Trinajstić information content (AvgIpc) is 3.75. The zero-order chi connectivity index (χ0) is 38.9. The molecule has 1 aliphatic heterocycles. The van der Waals surface area contributed by atoms with Gasteiger partial charge in [-0.1, -0.05) is 164 Å². The summed E-state index contributed by atoms with van der Waals surface area (Å²) in [5.41, 5.74) is 12.1. The molecule has 276 valence electrons. The lowest BCUT2D eigenvalue weighted by Gasteiger charge is -2.10. The average molecular weight is 754 g/mol. The standard InChI is InChI=1S/C55H35N3O/c1-2-12-35(13-3-1)40-28-29-44-43-18-8-9-21-49(43)58(51(44)34-40)50-22-10-19-45-53-46(20-11-23-52(53)59-54(45)50)55-56-47(41-26-24-36-14-4-6-16-38(36)32-41)30-31-48(57-55)42-27-25-37-15-5-7-17-39(37)33-42/h1-30,32-34H,31H2. The van der Waals surface area contributed by atoms with Crippen LogP contribution in [0.3, 0.4) is 0 Å². The van der Waals surface area contributed by atoms with Gasteiger partial charge >= 0.3 is 0 Å². The predicted molar refractivity (Wildman–Crippen MR) is 247 cm³/mol. The smallest absolute Gasteiger partial charge is 0.160 e. The summed E-state index contributed by atoms with van der Waals surface area (Å²) < 4.78 is 9.33. The number of rotatable bonds is 5. The Balaban J connectivity index is 1.08. The molecule has 0 saturated heterocycles. The van der Waals surface area contributed by atoms with Gasteiger partial charge in [0.1, 0.15) is 5.58 Å². The first-order valence-electron chi connectivity index (χ1n) is 20.1. The number of hydrogen-bond donors (Lipinski definition) is 0. The third-order valence-electron chi connectivity index (χ3n) is 11.8. The molecule has 3 heterocycles. The lowest BCUT2D eigenvalue weighted by molar-refractivity contribution is 0.666. The number of fused-ring (bicyclic) bond motifs is 8. The van der Waals surface area contributed by atoms with Crippen molar-refractivity contribution in [3.05, 3.63) is 217 Å². The third-order valence-corrected chi connectivity index (χ3v) is 11.8. The molecule has 4 heteroatoms. The highest BCUT2D eigenvalue weighted by atomic mass is 16.3. The Bertz CT molecular complexity index is 3580. The molecule has 12 rings (SSSR count). The molecule has 11 aromatic rings. The van der Waals surface area contributed by atoms with Crippen molar-refractivity contribution >= 4 is 82.5 Å². The largest absolute Gasteiger partial charge is 0.454 e. The number of amidine groups is 1. The number of aliphatic imine (C=N–C) groups is 2. The molecule has 0 amide bonds. The van der Waals surface area contributed by atoms with Crippen LogP contribution in [0.2, 0.25) is 0 Å². The van der Waals surface area contributed by atoms with Gasteiger partial charge in [0, 0.05) is 39.1 Å².